The first-order valence-corrected chi connectivity index (χ1v) is 7.55. The zero-order valence-electron chi connectivity index (χ0n) is 11.6. The van der Waals surface area contributed by atoms with Crippen LogP contribution in [0.3, 0.4) is 0 Å². The summed E-state index contributed by atoms with van der Waals surface area (Å²) in [6.45, 7) is 2.70. The zero-order chi connectivity index (χ0) is 16.4. The normalized spacial score (nSPS) is 15.3. The van der Waals surface area contributed by atoms with Crippen LogP contribution in [0.4, 0.5) is 13.2 Å². The van der Waals surface area contributed by atoms with Gasteiger partial charge in [-0.1, -0.05) is 6.92 Å². The fourth-order valence-electron chi connectivity index (χ4n) is 1.69. The first-order chi connectivity index (χ1) is 9.51. The van der Waals surface area contributed by atoms with E-state index in [1.165, 1.54) is 13.8 Å². The third-order valence-electron chi connectivity index (χ3n) is 3.28. The summed E-state index contributed by atoms with van der Waals surface area (Å²) in [5.41, 5.74) is -0.935. The van der Waals surface area contributed by atoms with Crippen LogP contribution in [0.25, 0.3) is 0 Å². The number of carbonyl (C=O) groups excluding carboxylic acids is 1. The standard InChI is InChI=1S/C13H15F3O4S/c1-8(12(17)20-3)9(2)21(18,19)11-6-4-10(5-7-11)13(14,15)16/h4-9H,1-3H3. The molecule has 1 aromatic carbocycles. The molecule has 2 unspecified atom stereocenters. The summed E-state index contributed by atoms with van der Waals surface area (Å²) in [4.78, 5) is 11.1. The van der Waals surface area contributed by atoms with Gasteiger partial charge in [0.25, 0.3) is 0 Å². The largest absolute Gasteiger partial charge is 0.469 e. The van der Waals surface area contributed by atoms with Crippen LogP contribution in [0, 0.1) is 5.92 Å². The molecule has 0 heterocycles. The molecule has 2 atom stereocenters. The lowest BCUT2D eigenvalue weighted by Crippen LogP contribution is -2.31. The van der Waals surface area contributed by atoms with Gasteiger partial charge in [-0.2, -0.15) is 13.2 Å². The van der Waals surface area contributed by atoms with E-state index in [1.54, 1.807) is 0 Å². The number of halogens is 3. The lowest BCUT2D eigenvalue weighted by molar-refractivity contribution is -0.144. The van der Waals surface area contributed by atoms with E-state index in [0.29, 0.717) is 12.1 Å². The Balaban J connectivity index is 3.11. The van der Waals surface area contributed by atoms with Gasteiger partial charge in [-0.3, -0.25) is 4.79 Å². The van der Waals surface area contributed by atoms with Crippen LogP contribution in [0.15, 0.2) is 29.2 Å². The van der Waals surface area contributed by atoms with Gasteiger partial charge < -0.3 is 4.74 Å². The van der Waals surface area contributed by atoms with Crippen molar-refractivity contribution in [3.63, 3.8) is 0 Å². The molecule has 0 aliphatic carbocycles. The first kappa shape index (κ1) is 17.5. The predicted octanol–water partition coefficient (Wildman–Crippen LogP) is 2.68. The number of methoxy groups -OCH3 is 1. The van der Waals surface area contributed by atoms with Crippen molar-refractivity contribution >= 4 is 15.8 Å². The van der Waals surface area contributed by atoms with Gasteiger partial charge in [-0.05, 0) is 31.2 Å². The Morgan fingerprint density at radius 3 is 2.00 bits per heavy atom. The third-order valence-corrected chi connectivity index (χ3v) is 5.59. The number of alkyl halides is 3. The topological polar surface area (TPSA) is 60.4 Å². The van der Waals surface area contributed by atoms with Crippen molar-refractivity contribution < 1.29 is 31.1 Å². The van der Waals surface area contributed by atoms with Crippen molar-refractivity contribution in [2.75, 3.05) is 7.11 Å². The Morgan fingerprint density at radius 2 is 1.62 bits per heavy atom. The van der Waals surface area contributed by atoms with E-state index < -0.39 is 38.7 Å². The molecule has 1 aromatic rings. The van der Waals surface area contributed by atoms with Crippen molar-refractivity contribution in [3.8, 4) is 0 Å². The fraction of sp³-hybridized carbons (Fsp3) is 0.462. The Kier molecular flexibility index (Phi) is 5.03. The molecule has 0 saturated heterocycles. The molecule has 0 aromatic heterocycles. The molecule has 0 spiro atoms. The SMILES string of the molecule is COC(=O)C(C)C(C)S(=O)(=O)c1ccc(C(F)(F)F)cc1. The summed E-state index contributed by atoms with van der Waals surface area (Å²) >= 11 is 0. The number of sulfone groups is 1. The van der Waals surface area contributed by atoms with Gasteiger partial charge in [0.15, 0.2) is 9.84 Å². The minimum atomic E-state index is -4.53. The van der Waals surface area contributed by atoms with Gasteiger partial charge >= 0.3 is 12.1 Å². The summed E-state index contributed by atoms with van der Waals surface area (Å²) in [7, 11) is -2.79. The molecule has 21 heavy (non-hydrogen) atoms. The van der Waals surface area contributed by atoms with E-state index in [4.69, 9.17) is 0 Å². The van der Waals surface area contributed by atoms with Gasteiger partial charge in [0.05, 0.1) is 28.7 Å². The smallest absolute Gasteiger partial charge is 0.416 e. The van der Waals surface area contributed by atoms with Crippen LogP contribution < -0.4 is 0 Å². The molecule has 0 aliphatic rings. The van der Waals surface area contributed by atoms with E-state index in [2.05, 4.69) is 4.74 Å². The van der Waals surface area contributed by atoms with Gasteiger partial charge in [0, 0.05) is 0 Å². The molecule has 118 valence electrons. The maximum absolute atomic E-state index is 12.4. The quantitative estimate of drug-likeness (QED) is 0.799. The Bertz CT molecular complexity index is 605. The second-order valence-corrected chi connectivity index (χ2v) is 6.89. The van der Waals surface area contributed by atoms with Crippen molar-refractivity contribution in [1.82, 2.24) is 0 Å². The van der Waals surface area contributed by atoms with E-state index >= 15 is 0 Å². The van der Waals surface area contributed by atoms with Gasteiger partial charge in [-0.25, -0.2) is 8.42 Å². The van der Waals surface area contributed by atoms with Crippen LogP contribution in [0.1, 0.15) is 19.4 Å². The Morgan fingerprint density at radius 1 is 1.14 bits per heavy atom. The highest BCUT2D eigenvalue weighted by Gasteiger charge is 2.34. The van der Waals surface area contributed by atoms with E-state index in [-0.39, 0.29) is 4.90 Å². The summed E-state index contributed by atoms with van der Waals surface area (Å²) in [5.74, 6) is -1.62. The average Bonchev–Trinajstić information content (AvgIpc) is 2.43. The van der Waals surface area contributed by atoms with Crippen molar-refractivity contribution in [3.05, 3.63) is 29.8 Å². The molecular weight excluding hydrogens is 309 g/mol. The number of carbonyl (C=O) groups is 1. The van der Waals surface area contributed by atoms with Crippen LogP contribution in [-0.2, 0) is 25.5 Å². The molecule has 0 saturated carbocycles. The highest BCUT2D eigenvalue weighted by Crippen LogP contribution is 2.30. The molecule has 0 fully saturated rings. The molecule has 8 heteroatoms. The van der Waals surface area contributed by atoms with Crippen LogP contribution in [0.5, 0.6) is 0 Å². The second kappa shape index (κ2) is 6.05. The Labute approximate surface area is 120 Å². The maximum atomic E-state index is 12.4. The monoisotopic (exact) mass is 324 g/mol. The summed E-state index contributed by atoms with van der Waals surface area (Å²) in [6, 6.07) is 3.17. The lowest BCUT2D eigenvalue weighted by Gasteiger charge is -2.18. The van der Waals surface area contributed by atoms with Crippen LogP contribution >= 0.6 is 0 Å². The number of hydrogen-bond acceptors (Lipinski definition) is 4. The van der Waals surface area contributed by atoms with E-state index in [9.17, 15) is 26.4 Å². The minimum absolute atomic E-state index is 0.265. The second-order valence-electron chi connectivity index (χ2n) is 4.58. The number of benzene rings is 1. The van der Waals surface area contributed by atoms with Crippen molar-refractivity contribution in [2.45, 2.75) is 30.2 Å². The maximum Gasteiger partial charge on any atom is 0.416 e. The molecule has 0 amide bonds. The highest BCUT2D eigenvalue weighted by atomic mass is 32.2. The predicted molar refractivity (Wildman–Crippen MR) is 69.3 cm³/mol. The molecule has 0 N–H and O–H groups in total. The molecule has 4 nitrogen and oxygen atoms in total. The van der Waals surface area contributed by atoms with Crippen molar-refractivity contribution in [1.29, 1.82) is 0 Å². The number of rotatable bonds is 4. The van der Waals surface area contributed by atoms with Crippen molar-refractivity contribution in [2.24, 2.45) is 5.92 Å². The average molecular weight is 324 g/mol. The number of esters is 1. The summed E-state index contributed by atoms with van der Waals surface area (Å²) in [5, 5.41) is -1.11. The van der Waals surface area contributed by atoms with Gasteiger partial charge in [0.2, 0.25) is 0 Å². The van der Waals surface area contributed by atoms with Crippen LogP contribution in [-0.4, -0.2) is 26.7 Å². The molecular formula is C13H15F3O4S. The molecule has 0 radical (unpaired) electrons. The molecule has 0 bridgehead atoms. The highest BCUT2D eigenvalue weighted by molar-refractivity contribution is 7.92. The van der Waals surface area contributed by atoms with Gasteiger partial charge in [-0.15, -0.1) is 0 Å². The minimum Gasteiger partial charge on any atom is -0.469 e. The lowest BCUT2D eigenvalue weighted by atomic mass is 10.1. The first-order valence-electron chi connectivity index (χ1n) is 6.00. The zero-order valence-corrected chi connectivity index (χ0v) is 12.5. The number of hydrogen-bond donors (Lipinski definition) is 0. The molecule has 0 aliphatic heterocycles. The number of ether oxygens (including phenoxy) is 1. The Hall–Kier alpha value is -1.57. The molecule has 1 rings (SSSR count). The fourth-order valence-corrected chi connectivity index (χ4v) is 3.29. The van der Waals surface area contributed by atoms with Gasteiger partial charge in [0.1, 0.15) is 0 Å². The summed E-state index contributed by atoms with van der Waals surface area (Å²) in [6.07, 6.45) is -4.53. The third kappa shape index (κ3) is 3.75. The van der Waals surface area contributed by atoms with Crippen LogP contribution in [0.2, 0.25) is 0 Å². The van der Waals surface area contributed by atoms with E-state index in [1.807, 2.05) is 0 Å². The van der Waals surface area contributed by atoms with E-state index in [0.717, 1.165) is 19.2 Å². The summed E-state index contributed by atoms with van der Waals surface area (Å²) < 4.78 is 66.3.